The highest BCUT2D eigenvalue weighted by molar-refractivity contribution is 5.98. The maximum Gasteiger partial charge on any atom is 0.270 e. The summed E-state index contributed by atoms with van der Waals surface area (Å²) in [6.45, 7) is 2.45. The summed E-state index contributed by atoms with van der Waals surface area (Å²) in [5.74, 6) is -0.210. The summed E-state index contributed by atoms with van der Waals surface area (Å²) in [4.78, 5) is 21.6. The largest absolute Gasteiger partial charge is 0.390 e. The topological polar surface area (TPSA) is 92.3 Å². The lowest BCUT2D eigenvalue weighted by Gasteiger charge is -2.10. The molecular formula is C15H17N5O2. The van der Waals surface area contributed by atoms with E-state index in [1.54, 1.807) is 18.6 Å². The van der Waals surface area contributed by atoms with Gasteiger partial charge in [0.15, 0.2) is 0 Å². The zero-order valence-corrected chi connectivity index (χ0v) is 12.2. The lowest BCUT2D eigenvalue weighted by Crippen LogP contribution is -2.32. The Kier molecular flexibility index (Phi) is 4.13. The van der Waals surface area contributed by atoms with E-state index in [4.69, 9.17) is 4.84 Å². The number of nitrogens with one attached hydrogen (secondary N) is 2. The molecule has 0 saturated heterocycles. The van der Waals surface area contributed by atoms with Crippen LogP contribution in [-0.2, 0) is 4.84 Å². The van der Waals surface area contributed by atoms with Gasteiger partial charge in [-0.1, -0.05) is 12.1 Å². The van der Waals surface area contributed by atoms with Crippen LogP contribution in [0.25, 0.3) is 11.1 Å². The highest BCUT2D eigenvalue weighted by Crippen LogP contribution is 2.21. The van der Waals surface area contributed by atoms with Crippen LogP contribution in [0.1, 0.15) is 30.3 Å². The van der Waals surface area contributed by atoms with Gasteiger partial charge in [-0.25, -0.2) is 0 Å². The predicted octanol–water partition coefficient (Wildman–Crippen LogP) is 1.76. The normalized spacial score (nSPS) is 17.0. The standard InChI is InChI=1S/C15H17N5O2/c1-2-11-7-12(22-20-11)8-17-15(21)14-13(9-18-19-14)10-3-5-16-6-4-10/h3-6,9,12H,2,7-8H2,1H3,(H,17,21)(H,18,19). The van der Waals surface area contributed by atoms with Gasteiger partial charge in [-0.15, -0.1) is 0 Å². The van der Waals surface area contributed by atoms with Crippen molar-refractivity contribution in [3.8, 4) is 11.1 Å². The third-order valence-corrected chi connectivity index (χ3v) is 3.55. The maximum atomic E-state index is 12.3. The second kappa shape index (κ2) is 6.38. The second-order valence-corrected chi connectivity index (χ2v) is 5.05. The average Bonchev–Trinajstić information content (AvgIpc) is 3.22. The SMILES string of the molecule is CCC1=NOC(CNC(=O)c2[nH]ncc2-c2ccncc2)C1. The van der Waals surface area contributed by atoms with E-state index in [2.05, 4.69) is 25.7 Å². The van der Waals surface area contributed by atoms with Crippen molar-refractivity contribution in [3.05, 3.63) is 36.4 Å². The smallest absolute Gasteiger partial charge is 0.270 e. The molecule has 1 amide bonds. The molecule has 1 atom stereocenters. The number of hydrogen-bond acceptors (Lipinski definition) is 5. The van der Waals surface area contributed by atoms with Gasteiger partial charge >= 0.3 is 0 Å². The first kappa shape index (κ1) is 14.2. The lowest BCUT2D eigenvalue weighted by molar-refractivity contribution is 0.0751. The first-order chi connectivity index (χ1) is 10.8. The van der Waals surface area contributed by atoms with Crippen molar-refractivity contribution in [2.45, 2.75) is 25.9 Å². The van der Waals surface area contributed by atoms with Crippen LogP contribution in [0.15, 0.2) is 35.9 Å². The second-order valence-electron chi connectivity index (χ2n) is 5.05. The molecule has 2 aromatic rings. The molecule has 0 spiro atoms. The van der Waals surface area contributed by atoms with E-state index in [0.29, 0.717) is 12.2 Å². The van der Waals surface area contributed by atoms with Gasteiger partial charge in [-0.3, -0.25) is 14.9 Å². The molecule has 0 radical (unpaired) electrons. The van der Waals surface area contributed by atoms with Crippen LogP contribution in [0.2, 0.25) is 0 Å². The van der Waals surface area contributed by atoms with E-state index < -0.39 is 0 Å². The Morgan fingerprint density at radius 2 is 2.27 bits per heavy atom. The van der Waals surface area contributed by atoms with Gasteiger partial charge in [0, 0.05) is 24.4 Å². The quantitative estimate of drug-likeness (QED) is 0.880. The number of carbonyl (C=O) groups excluding carboxylic acids is 1. The summed E-state index contributed by atoms with van der Waals surface area (Å²) in [7, 11) is 0. The molecule has 0 fully saturated rings. The number of H-pyrrole nitrogens is 1. The van der Waals surface area contributed by atoms with Crippen LogP contribution < -0.4 is 5.32 Å². The Bertz CT molecular complexity index is 680. The molecule has 114 valence electrons. The van der Waals surface area contributed by atoms with E-state index in [0.717, 1.165) is 29.7 Å². The van der Waals surface area contributed by atoms with E-state index in [1.807, 2.05) is 19.1 Å². The molecule has 0 saturated carbocycles. The monoisotopic (exact) mass is 299 g/mol. The molecule has 22 heavy (non-hydrogen) atoms. The van der Waals surface area contributed by atoms with Gasteiger partial charge in [-0.2, -0.15) is 5.10 Å². The summed E-state index contributed by atoms with van der Waals surface area (Å²) < 4.78 is 0. The molecule has 0 aromatic carbocycles. The Labute approximate surface area is 127 Å². The van der Waals surface area contributed by atoms with Gasteiger partial charge in [0.25, 0.3) is 5.91 Å². The molecular weight excluding hydrogens is 282 g/mol. The highest BCUT2D eigenvalue weighted by atomic mass is 16.6. The van der Waals surface area contributed by atoms with E-state index in [9.17, 15) is 4.79 Å². The summed E-state index contributed by atoms with van der Waals surface area (Å²) >= 11 is 0. The summed E-state index contributed by atoms with van der Waals surface area (Å²) in [6.07, 6.45) is 6.54. The van der Waals surface area contributed by atoms with Gasteiger partial charge in [-0.05, 0) is 24.1 Å². The highest BCUT2D eigenvalue weighted by Gasteiger charge is 2.22. The minimum Gasteiger partial charge on any atom is -0.390 e. The maximum absolute atomic E-state index is 12.3. The molecule has 7 nitrogen and oxygen atoms in total. The van der Waals surface area contributed by atoms with Crippen molar-refractivity contribution in [3.63, 3.8) is 0 Å². The molecule has 3 rings (SSSR count). The number of carbonyl (C=O) groups is 1. The number of nitrogens with zero attached hydrogens (tertiary/aromatic N) is 3. The van der Waals surface area contributed by atoms with E-state index in [1.165, 1.54) is 0 Å². The number of aromatic amines is 1. The van der Waals surface area contributed by atoms with E-state index >= 15 is 0 Å². The van der Waals surface area contributed by atoms with Crippen LogP contribution in [0.4, 0.5) is 0 Å². The Morgan fingerprint density at radius 3 is 3.00 bits per heavy atom. The van der Waals surface area contributed by atoms with Crippen molar-refractivity contribution >= 4 is 11.6 Å². The molecule has 1 unspecified atom stereocenters. The Morgan fingerprint density at radius 1 is 1.45 bits per heavy atom. The Balaban J connectivity index is 1.63. The number of rotatable bonds is 5. The van der Waals surface area contributed by atoms with Crippen LogP contribution in [-0.4, -0.2) is 39.4 Å². The van der Waals surface area contributed by atoms with Gasteiger partial charge in [0.05, 0.1) is 18.5 Å². The summed E-state index contributed by atoms with van der Waals surface area (Å²) in [5.41, 5.74) is 3.10. The summed E-state index contributed by atoms with van der Waals surface area (Å²) in [6, 6.07) is 3.67. The van der Waals surface area contributed by atoms with Crippen LogP contribution in [0.3, 0.4) is 0 Å². The van der Waals surface area contributed by atoms with Crippen molar-refractivity contribution in [2.24, 2.45) is 5.16 Å². The molecule has 7 heteroatoms. The zero-order valence-electron chi connectivity index (χ0n) is 12.2. The van der Waals surface area contributed by atoms with E-state index in [-0.39, 0.29) is 12.0 Å². The van der Waals surface area contributed by atoms with Crippen LogP contribution >= 0.6 is 0 Å². The van der Waals surface area contributed by atoms with Crippen LogP contribution in [0.5, 0.6) is 0 Å². The minimum atomic E-state index is -0.210. The first-order valence-electron chi connectivity index (χ1n) is 7.21. The molecule has 2 N–H and O–H groups in total. The average molecular weight is 299 g/mol. The zero-order chi connectivity index (χ0) is 15.4. The molecule has 0 aliphatic carbocycles. The molecule has 1 aliphatic heterocycles. The number of hydrogen-bond donors (Lipinski definition) is 2. The molecule has 1 aliphatic rings. The molecule has 0 bridgehead atoms. The number of amides is 1. The fourth-order valence-corrected chi connectivity index (χ4v) is 2.31. The third kappa shape index (κ3) is 2.98. The van der Waals surface area contributed by atoms with Crippen molar-refractivity contribution in [1.82, 2.24) is 20.5 Å². The van der Waals surface area contributed by atoms with Gasteiger partial charge in [0.2, 0.25) is 0 Å². The van der Waals surface area contributed by atoms with Crippen molar-refractivity contribution in [2.75, 3.05) is 6.54 Å². The third-order valence-electron chi connectivity index (χ3n) is 3.55. The van der Waals surface area contributed by atoms with Crippen molar-refractivity contribution < 1.29 is 9.63 Å². The van der Waals surface area contributed by atoms with Gasteiger partial charge < -0.3 is 10.2 Å². The minimum absolute atomic E-state index is 0.0915. The predicted molar refractivity (Wildman–Crippen MR) is 81.4 cm³/mol. The summed E-state index contributed by atoms with van der Waals surface area (Å²) in [5, 5.41) is 13.5. The molecule has 3 heterocycles. The number of oxime groups is 1. The number of pyridine rings is 1. The molecule has 2 aromatic heterocycles. The number of aromatic nitrogens is 3. The lowest BCUT2D eigenvalue weighted by atomic mass is 10.1. The first-order valence-corrected chi connectivity index (χ1v) is 7.21. The fraction of sp³-hybridized carbons (Fsp3) is 0.333. The van der Waals surface area contributed by atoms with Gasteiger partial charge in [0.1, 0.15) is 11.8 Å². The fourth-order valence-electron chi connectivity index (χ4n) is 2.31. The van der Waals surface area contributed by atoms with Crippen molar-refractivity contribution in [1.29, 1.82) is 0 Å². The van der Waals surface area contributed by atoms with Crippen LogP contribution in [0, 0.1) is 0 Å². The Hall–Kier alpha value is -2.70.